The number of thiazole rings is 1. The zero-order valence-corrected chi connectivity index (χ0v) is 10.3. The second kappa shape index (κ2) is 6.05. The van der Waals surface area contributed by atoms with Crippen molar-refractivity contribution in [2.75, 3.05) is 32.1 Å². The molecule has 1 rings (SSSR count). The van der Waals surface area contributed by atoms with Crippen molar-refractivity contribution in [1.29, 1.82) is 0 Å². The standard InChI is InChI=1S/C10H19N3OS/c1-8(7-14)4-11-5-9-6-12-10(15-9)13(2)3/h6,8,11,14H,4-5,7H2,1-3H3. The molecule has 1 heterocycles. The van der Waals surface area contributed by atoms with Gasteiger partial charge in [-0.15, -0.1) is 11.3 Å². The maximum Gasteiger partial charge on any atom is 0.185 e. The molecule has 0 saturated heterocycles. The first-order valence-corrected chi connectivity index (χ1v) is 5.88. The summed E-state index contributed by atoms with van der Waals surface area (Å²) in [6.07, 6.45) is 1.90. The van der Waals surface area contributed by atoms with E-state index in [1.165, 1.54) is 4.88 Å². The van der Waals surface area contributed by atoms with Crippen LogP contribution in [-0.2, 0) is 6.54 Å². The lowest BCUT2D eigenvalue weighted by atomic mass is 10.2. The fraction of sp³-hybridized carbons (Fsp3) is 0.700. The van der Waals surface area contributed by atoms with Crippen LogP contribution in [0.25, 0.3) is 0 Å². The molecule has 1 aromatic heterocycles. The molecule has 15 heavy (non-hydrogen) atoms. The minimum absolute atomic E-state index is 0.235. The molecule has 2 N–H and O–H groups in total. The first-order valence-electron chi connectivity index (χ1n) is 5.07. The molecule has 0 bridgehead atoms. The second-order valence-corrected chi connectivity index (χ2v) is 5.02. The Balaban J connectivity index is 2.31. The molecule has 0 radical (unpaired) electrons. The summed E-state index contributed by atoms with van der Waals surface area (Å²) in [5.41, 5.74) is 0. The predicted octanol–water partition coefficient (Wildman–Crippen LogP) is 0.927. The van der Waals surface area contributed by atoms with E-state index >= 15 is 0 Å². The van der Waals surface area contributed by atoms with E-state index < -0.39 is 0 Å². The third kappa shape index (κ3) is 4.15. The van der Waals surface area contributed by atoms with Crippen LogP contribution in [0.3, 0.4) is 0 Å². The Morgan fingerprint density at radius 1 is 1.60 bits per heavy atom. The summed E-state index contributed by atoms with van der Waals surface area (Å²) < 4.78 is 0. The summed E-state index contributed by atoms with van der Waals surface area (Å²) in [5.74, 6) is 0.311. The van der Waals surface area contributed by atoms with Crippen molar-refractivity contribution in [2.24, 2.45) is 5.92 Å². The molecule has 0 spiro atoms. The Morgan fingerprint density at radius 2 is 2.33 bits per heavy atom. The monoisotopic (exact) mass is 229 g/mol. The maximum absolute atomic E-state index is 8.85. The fourth-order valence-corrected chi connectivity index (χ4v) is 1.89. The van der Waals surface area contributed by atoms with Gasteiger partial charge in [0.2, 0.25) is 0 Å². The fourth-order valence-electron chi connectivity index (χ4n) is 1.09. The summed E-state index contributed by atoms with van der Waals surface area (Å²) in [4.78, 5) is 7.52. The number of aliphatic hydroxyl groups is 1. The van der Waals surface area contributed by atoms with Gasteiger partial charge in [0.05, 0.1) is 0 Å². The zero-order valence-electron chi connectivity index (χ0n) is 9.53. The van der Waals surface area contributed by atoms with Crippen molar-refractivity contribution < 1.29 is 5.11 Å². The smallest absolute Gasteiger partial charge is 0.185 e. The van der Waals surface area contributed by atoms with Crippen LogP contribution >= 0.6 is 11.3 Å². The Morgan fingerprint density at radius 3 is 2.87 bits per heavy atom. The van der Waals surface area contributed by atoms with Crippen molar-refractivity contribution in [3.8, 4) is 0 Å². The van der Waals surface area contributed by atoms with Gasteiger partial charge in [-0.1, -0.05) is 6.92 Å². The van der Waals surface area contributed by atoms with Gasteiger partial charge in [0.1, 0.15) is 0 Å². The van der Waals surface area contributed by atoms with Crippen LogP contribution in [0, 0.1) is 5.92 Å². The van der Waals surface area contributed by atoms with E-state index in [0.717, 1.165) is 18.2 Å². The normalized spacial score (nSPS) is 12.8. The summed E-state index contributed by atoms with van der Waals surface area (Å²) in [7, 11) is 3.98. The lowest BCUT2D eigenvalue weighted by Crippen LogP contribution is -2.22. The van der Waals surface area contributed by atoms with Gasteiger partial charge in [-0.25, -0.2) is 4.98 Å². The molecule has 4 nitrogen and oxygen atoms in total. The Kier molecular flexibility index (Phi) is 5.01. The minimum atomic E-state index is 0.235. The Labute approximate surface area is 94.9 Å². The van der Waals surface area contributed by atoms with E-state index in [2.05, 4.69) is 10.3 Å². The summed E-state index contributed by atoms with van der Waals surface area (Å²) in [6.45, 7) is 3.92. The van der Waals surface area contributed by atoms with Crippen LogP contribution in [0.4, 0.5) is 5.13 Å². The molecule has 0 aliphatic carbocycles. The molecule has 1 atom stereocenters. The van der Waals surface area contributed by atoms with E-state index in [4.69, 9.17) is 5.11 Å². The predicted molar refractivity (Wildman–Crippen MR) is 64.4 cm³/mol. The Bertz CT molecular complexity index is 288. The molecule has 0 aliphatic heterocycles. The molecule has 0 aliphatic rings. The van der Waals surface area contributed by atoms with Gasteiger partial charge in [0.15, 0.2) is 5.13 Å². The largest absolute Gasteiger partial charge is 0.396 e. The average molecular weight is 229 g/mol. The summed E-state index contributed by atoms with van der Waals surface area (Å²) in [6, 6.07) is 0. The number of nitrogens with zero attached hydrogens (tertiary/aromatic N) is 2. The van der Waals surface area contributed by atoms with Crippen LogP contribution in [0.1, 0.15) is 11.8 Å². The van der Waals surface area contributed by atoms with Crippen molar-refractivity contribution in [1.82, 2.24) is 10.3 Å². The topological polar surface area (TPSA) is 48.4 Å². The third-order valence-corrected chi connectivity index (χ3v) is 3.19. The lowest BCUT2D eigenvalue weighted by Gasteiger charge is -2.08. The van der Waals surface area contributed by atoms with E-state index in [1.807, 2.05) is 32.1 Å². The molecular weight excluding hydrogens is 210 g/mol. The number of nitrogens with one attached hydrogen (secondary N) is 1. The van der Waals surface area contributed by atoms with Gasteiger partial charge < -0.3 is 15.3 Å². The molecule has 5 heteroatoms. The molecule has 0 fully saturated rings. The van der Waals surface area contributed by atoms with Crippen molar-refractivity contribution >= 4 is 16.5 Å². The number of aliphatic hydroxyl groups excluding tert-OH is 1. The first-order chi connectivity index (χ1) is 7.13. The minimum Gasteiger partial charge on any atom is -0.396 e. The van der Waals surface area contributed by atoms with Crippen molar-refractivity contribution in [2.45, 2.75) is 13.5 Å². The molecule has 0 amide bonds. The van der Waals surface area contributed by atoms with Crippen LogP contribution in [0.5, 0.6) is 0 Å². The van der Waals surface area contributed by atoms with Crippen molar-refractivity contribution in [3.05, 3.63) is 11.1 Å². The molecular formula is C10H19N3OS. The van der Waals surface area contributed by atoms with Crippen LogP contribution in [0.2, 0.25) is 0 Å². The highest BCUT2D eigenvalue weighted by Crippen LogP contribution is 2.19. The first kappa shape index (κ1) is 12.4. The van der Waals surface area contributed by atoms with E-state index in [-0.39, 0.29) is 6.61 Å². The number of rotatable bonds is 6. The number of aromatic nitrogens is 1. The molecule has 0 aromatic carbocycles. The summed E-state index contributed by atoms with van der Waals surface area (Å²) >= 11 is 1.69. The SMILES string of the molecule is CC(CO)CNCc1cnc(N(C)C)s1. The average Bonchev–Trinajstić information content (AvgIpc) is 2.66. The molecule has 0 saturated carbocycles. The van der Waals surface area contributed by atoms with Crippen LogP contribution in [0.15, 0.2) is 6.20 Å². The van der Waals surface area contributed by atoms with E-state index in [0.29, 0.717) is 5.92 Å². The quantitative estimate of drug-likeness (QED) is 0.762. The van der Waals surface area contributed by atoms with E-state index in [9.17, 15) is 0 Å². The highest BCUT2D eigenvalue weighted by molar-refractivity contribution is 7.15. The highest BCUT2D eigenvalue weighted by Gasteiger charge is 2.04. The zero-order chi connectivity index (χ0) is 11.3. The van der Waals surface area contributed by atoms with Crippen molar-refractivity contribution in [3.63, 3.8) is 0 Å². The van der Waals surface area contributed by atoms with Crippen LogP contribution < -0.4 is 10.2 Å². The van der Waals surface area contributed by atoms with Gasteiger partial charge in [0.25, 0.3) is 0 Å². The van der Waals surface area contributed by atoms with Gasteiger partial charge >= 0.3 is 0 Å². The van der Waals surface area contributed by atoms with E-state index in [1.54, 1.807) is 11.3 Å². The van der Waals surface area contributed by atoms with Gasteiger partial charge in [-0.05, 0) is 5.92 Å². The van der Waals surface area contributed by atoms with Gasteiger partial charge in [-0.3, -0.25) is 0 Å². The lowest BCUT2D eigenvalue weighted by molar-refractivity contribution is 0.233. The number of hydrogen-bond acceptors (Lipinski definition) is 5. The second-order valence-electron chi connectivity index (χ2n) is 3.92. The molecule has 1 unspecified atom stereocenters. The van der Waals surface area contributed by atoms with Gasteiger partial charge in [0, 0.05) is 44.9 Å². The highest BCUT2D eigenvalue weighted by atomic mass is 32.1. The molecule has 86 valence electrons. The molecule has 1 aromatic rings. The van der Waals surface area contributed by atoms with Gasteiger partial charge in [-0.2, -0.15) is 0 Å². The Hall–Kier alpha value is -0.650. The maximum atomic E-state index is 8.85. The summed E-state index contributed by atoms with van der Waals surface area (Å²) in [5, 5.41) is 13.2. The third-order valence-electron chi connectivity index (χ3n) is 2.03. The number of hydrogen-bond donors (Lipinski definition) is 2. The van der Waals surface area contributed by atoms with Crippen LogP contribution in [-0.4, -0.2) is 37.3 Å². The number of anilines is 1.